The lowest BCUT2D eigenvalue weighted by Crippen LogP contribution is -2.10. The van der Waals surface area contributed by atoms with Gasteiger partial charge in [0.15, 0.2) is 17.3 Å². The van der Waals surface area contributed by atoms with Crippen molar-refractivity contribution in [2.75, 3.05) is 18.5 Å². The summed E-state index contributed by atoms with van der Waals surface area (Å²) in [5, 5.41) is 4.98. The number of benzene rings is 4. The zero-order chi connectivity index (χ0) is 27.7. The predicted molar refractivity (Wildman–Crippen MR) is 154 cm³/mol. The van der Waals surface area contributed by atoms with Crippen molar-refractivity contribution in [3.8, 4) is 23.0 Å². The van der Waals surface area contributed by atoms with E-state index in [0.29, 0.717) is 48.5 Å². The molecule has 0 aliphatic rings. The molecule has 0 unspecified atom stereocenters. The van der Waals surface area contributed by atoms with E-state index in [4.69, 9.17) is 23.4 Å². The fourth-order valence-corrected chi connectivity index (χ4v) is 4.23. The molecule has 0 saturated heterocycles. The van der Waals surface area contributed by atoms with Crippen LogP contribution in [0.4, 0.5) is 5.69 Å². The number of furan rings is 1. The number of hydrogen-bond donors (Lipinski definition) is 1. The number of carbonyl (C=O) groups excluding carboxylic acids is 1. The van der Waals surface area contributed by atoms with E-state index in [9.17, 15) is 4.79 Å². The lowest BCUT2D eigenvalue weighted by atomic mass is 10.1. The Kier molecular flexibility index (Phi) is 8.51. The first-order valence-corrected chi connectivity index (χ1v) is 13.2. The van der Waals surface area contributed by atoms with E-state index in [2.05, 4.69) is 5.32 Å². The van der Waals surface area contributed by atoms with E-state index >= 15 is 0 Å². The molecule has 0 atom stereocenters. The molecule has 1 N–H and O–H groups in total. The second kappa shape index (κ2) is 12.8. The van der Waals surface area contributed by atoms with Gasteiger partial charge in [0.05, 0.1) is 13.2 Å². The number of ether oxygens (including phenoxy) is 4. The van der Waals surface area contributed by atoms with Crippen LogP contribution in [0, 0.1) is 0 Å². The van der Waals surface area contributed by atoms with Crippen LogP contribution >= 0.6 is 0 Å². The number of rotatable bonds is 12. The lowest BCUT2D eigenvalue weighted by Gasteiger charge is -2.13. The van der Waals surface area contributed by atoms with E-state index in [0.717, 1.165) is 22.1 Å². The average molecular weight is 538 g/mol. The molecular weight excluding hydrogens is 506 g/mol. The monoisotopic (exact) mass is 537 g/mol. The van der Waals surface area contributed by atoms with Gasteiger partial charge in [-0.1, -0.05) is 42.5 Å². The van der Waals surface area contributed by atoms with Gasteiger partial charge in [0.1, 0.15) is 30.5 Å². The van der Waals surface area contributed by atoms with Gasteiger partial charge in [-0.3, -0.25) is 4.79 Å². The number of amides is 1. The second-order valence-corrected chi connectivity index (χ2v) is 8.95. The summed E-state index contributed by atoms with van der Waals surface area (Å²) < 4.78 is 28.9. The Bertz CT molecular complexity index is 1570. The first-order valence-electron chi connectivity index (χ1n) is 13.2. The molecule has 5 aromatic rings. The summed E-state index contributed by atoms with van der Waals surface area (Å²) in [5.41, 5.74) is 1.59. The van der Waals surface area contributed by atoms with Crippen molar-refractivity contribution in [2.45, 2.75) is 27.1 Å². The highest BCUT2D eigenvalue weighted by Crippen LogP contribution is 2.29. The third-order valence-electron chi connectivity index (χ3n) is 6.13. The highest BCUT2D eigenvalue weighted by Gasteiger charge is 2.13. The van der Waals surface area contributed by atoms with Gasteiger partial charge in [0.2, 0.25) is 0 Å². The van der Waals surface area contributed by atoms with Crippen molar-refractivity contribution in [3.63, 3.8) is 0 Å². The zero-order valence-electron chi connectivity index (χ0n) is 22.5. The van der Waals surface area contributed by atoms with Crippen molar-refractivity contribution in [3.05, 3.63) is 114 Å². The van der Waals surface area contributed by atoms with Gasteiger partial charge in [-0.15, -0.1) is 0 Å². The molecule has 7 nitrogen and oxygen atoms in total. The standard InChI is InChI=1S/C33H31NO6/c1-3-36-30-18-12-23(20-32(30)37-4-2)21-38-26-15-13-25(14-16-26)34-33(35)31-19-17-27(40-31)22-39-29-11-7-9-24-8-5-6-10-28(24)29/h5-20H,3-4,21-22H2,1-2H3,(H,34,35). The Labute approximate surface area is 233 Å². The topological polar surface area (TPSA) is 79.2 Å². The minimum Gasteiger partial charge on any atom is -0.490 e. The van der Waals surface area contributed by atoms with E-state index in [1.807, 2.05) is 74.5 Å². The summed E-state index contributed by atoms with van der Waals surface area (Å²) in [6, 6.07) is 30.3. The zero-order valence-corrected chi connectivity index (χ0v) is 22.5. The fraction of sp³-hybridized carbons (Fsp3) is 0.182. The molecule has 0 aliphatic heterocycles. The van der Waals surface area contributed by atoms with E-state index in [-0.39, 0.29) is 18.3 Å². The van der Waals surface area contributed by atoms with Crippen molar-refractivity contribution < 1.29 is 28.2 Å². The van der Waals surface area contributed by atoms with Gasteiger partial charge in [-0.05, 0) is 79.4 Å². The van der Waals surface area contributed by atoms with Crippen LogP contribution < -0.4 is 24.3 Å². The molecule has 0 saturated carbocycles. The molecule has 0 radical (unpaired) electrons. The molecular formula is C33H31NO6. The summed E-state index contributed by atoms with van der Waals surface area (Å²) in [7, 11) is 0. The largest absolute Gasteiger partial charge is 0.490 e. The minimum atomic E-state index is -0.345. The Balaban J connectivity index is 1.14. The Hall–Kier alpha value is -4.91. The van der Waals surface area contributed by atoms with Gasteiger partial charge < -0.3 is 28.7 Å². The maximum absolute atomic E-state index is 12.7. The molecule has 204 valence electrons. The Morgan fingerprint density at radius 1 is 0.700 bits per heavy atom. The van der Waals surface area contributed by atoms with Crippen molar-refractivity contribution in [1.82, 2.24) is 0 Å². The van der Waals surface area contributed by atoms with Crippen molar-refractivity contribution in [1.29, 1.82) is 0 Å². The van der Waals surface area contributed by atoms with Crippen LogP contribution in [0.15, 0.2) is 101 Å². The van der Waals surface area contributed by atoms with E-state index < -0.39 is 0 Å². The van der Waals surface area contributed by atoms with Gasteiger partial charge in [-0.25, -0.2) is 0 Å². The summed E-state index contributed by atoms with van der Waals surface area (Å²) in [6.45, 7) is 5.58. The third-order valence-corrected chi connectivity index (χ3v) is 6.13. The molecule has 1 amide bonds. The molecule has 40 heavy (non-hydrogen) atoms. The molecule has 1 heterocycles. The molecule has 0 fully saturated rings. The molecule has 7 heteroatoms. The summed E-state index contributed by atoms with van der Waals surface area (Å²) in [4.78, 5) is 12.7. The Morgan fingerprint density at radius 3 is 2.30 bits per heavy atom. The summed E-state index contributed by atoms with van der Waals surface area (Å²) in [6.07, 6.45) is 0. The van der Waals surface area contributed by atoms with Crippen LogP contribution in [-0.2, 0) is 13.2 Å². The van der Waals surface area contributed by atoms with Crippen LogP contribution in [0.25, 0.3) is 10.8 Å². The number of carbonyl (C=O) groups is 1. The minimum absolute atomic E-state index is 0.206. The molecule has 0 spiro atoms. The number of fused-ring (bicyclic) bond motifs is 1. The van der Waals surface area contributed by atoms with Gasteiger partial charge >= 0.3 is 0 Å². The van der Waals surface area contributed by atoms with Crippen LogP contribution in [-0.4, -0.2) is 19.1 Å². The fourth-order valence-electron chi connectivity index (χ4n) is 4.23. The van der Waals surface area contributed by atoms with Crippen LogP contribution in [0.3, 0.4) is 0 Å². The number of anilines is 1. The van der Waals surface area contributed by atoms with Crippen molar-refractivity contribution in [2.24, 2.45) is 0 Å². The number of hydrogen-bond acceptors (Lipinski definition) is 6. The van der Waals surface area contributed by atoms with E-state index in [1.54, 1.807) is 36.4 Å². The predicted octanol–water partition coefficient (Wildman–Crippen LogP) is 7.64. The van der Waals surface area contributed by atoms with Crippen molar-refractivity contribution >= 4 is 22.4 Å². The highest BCUT2D eigenvalue weighted by atomic mass is 16.5. The normalized spacial score (nSPS) is 10.8. The summed E-state index contributed by atoms with van der Waals surface area (Å²) >= 11 is 0. The number of nitrogens with one attached hydrogen (secondary N) is 1. The average Bonchev–Trinajstić information content (AvgIpc) is 3.46. The maximum atomic E-state index is 12.7. The summed E-state index contributed by atoms with van der Waals surface area (Å²) in [5.74, 6) is 3.28. The molecule has 1 aromatic heterocycles. The quantitative estimate of drug-likeness (QED) is 0.176. The molecule has 4 aromatic carbocycles. The third kappa shape index (κ3) is 6.56. The first kappa shape index (κ1) is 26.7. The van der Waals surface area contributed by atoms with Crippen LogP contribution in [0.2, 0.25) is 0 Å². The SMILES string of the molecule is CCOc1ccc(COc2ccc(NC(=O)c3ccc(COc4cccc5ccccc45)o3)cc2)cc1OCC. The Morgan fingerprint density at radius 2 is 1.48 bits per heavy atom. The first-order chi connectivity index (χ1) is 19.6. The van der Waals surface area contributed by atoms with E-state index in [1.165, 1.54) is 0 Å². The van der Waals surface area contributed by atoms with Gasteiger partial charge in [0.25, 0.3) is 5.91 Å². The maximum Gasteiger partial charge on any atom is 0.291 e. The second-order valence-electron chi connectivity index (χ2n) is 8.95. The van der Waals surface area contributed by atoms with Crippen LogP contribution in [0.1, 0.15) is 35.7 Å². The smallest absolute Gasteiger partial charge is 0.291 e. The molecule has 0 bridgehead atoms. The van der Waals surface area contributed by atoms with Gasteiger partial charge in [-0.2, -0.15) is 0 Å². The van der Waals surface area contributed by atoms with Crippen LogP contribution in [0.5, 0.6) is 23.0 Å². The highest BCUT2D eigenvalue weighted by molar-refractivity contribution is 6.02. The molecule has 0 aliphatic carbocycles. The molecule has 5 rings (SSSR count). The van der Waals surface area contributed by atoms with Gasteiger partial charge in [0, 0.05) is 11.1 Å². The lowest BCUT2D eigenvalue weighted by molar-refractivity contribution is 0.0992.